The zero-order valence-corrected chi connectivity index (χ0v) is 16.6. The minimum absolute atomic E-state index is 0.0510. The number of amides is 1. The lowest BCUT2D eigenvalue weighted by molar-refractivity contribution is 0.102. The second-order valence-corrected chi connectivity index (χ2v) is 6.85. The molecule has 0 saturated heterocycles. The first kappa shape index (κ1) is 19.6. The molecule has 0 aliphatic heterocycles. The Kier molecular flexibility index (Phi) is 6.11. The molecule has 0 saturated carbocycles. The van der Waals surface area contributed by atoms with Gasteiger partial charge >= 0.3 is 0 Å². The summed E-state index contributed by atoms with van der Waals surface area (Å²) in [7, 11) is 0. The fourth-order valence-corrected chi connectivity index (χ4v) is 2.68. The van der Waals surface area contributed by atoms with E-state index in [1.165, 1.54) is 12.4 Å². The fraction of sp³-hybridized carbons (Fsp3) is 0.190. The maximum Gasteiger partial charge on any atom is 0.275 e. The van der Waals surface area contributed by atoms with Gasteiger partial charge in [0.05, 0.1) is 24.2 Å². The van der Waals surface area contributed by atoms with Crippen molar-refractivity contribution < 1.29 is 9.53 Å². The van der Waals surface area contributed by atoms with E-state index in [-0.39, 0.29) is 17.7 Å². The smallest absolute Gasteiger partial charge is 0.275 e. The number of carbonyl (C=O) groups excluding carboxylic acids is 1. The Morgan fingerprint density at radius 3 is 2.50 bits per heavy atom. The molecule has 3 rings (SSSR count). The van der Waals surface area contributed by atoms with Gasteiger partial charge in [0.25, 0.3) is 5.91 Å². The summed E-state index contributed by atoms with van der Waals surface area (Å²) in [6, 6.07) is 12.9. The van der Waals surface area contributed by atoms with Crippen LogP contribution in [0.3, 0.4) is 0 Å². The minimum Gasteiger partial charge on any atom is -0.489 e. The highest BCUT2D eigenvalue weighted by Gasteiger charge is 2.12. The normalized spacial score (nSPS) is 10.6. The number of benzene rings is 2. The molecule has 1 aromatic heterocycles. The van der Waals surface area contributed by atoms with Crippen molar-refractivity contribution in [2.24, 2.45) is 0 Å². The van der Waals surface area contributed by atoms with Gasteiger partial charge in [-0.3, -0.25) is 4.79 Å². The highest BCUT2D eigenvalue weighted by atomic mass is 35.5. The standard InChI is InChI=1S/C21H21ClN4O2/c1-13(2)28-19-10-5-4-8-17(19)25-20-12-23-18(11-24-20)21(27)26-16-9-6-7-15(22)14(16)3/h4-13H,1-3H3,(H,24,25)(H,26,27). The van der Waals surface area contributed by atoms with Crippen molar-refractivity contribution in [2.75, 3.05) is 10.6 Å². The van der Waals surface area contributed by atoms with Crippen LogP contribution in [0.2, 0.25) is 5.02 Å². The van der Waals surface area contributed by atoms with Gasteiger partial charge in [-0.25, -0.2) is 9.97 Å². The summed E-state index contributed by atoms with van der Waals surface area (Å²) >= 11 is 6.09. The quantitative estimate of drug-likeness (QED) is 0.597. The molecular weight excluding hydrogens is 376 g/mol. The number of aromatic nitrogens is 2. The lowest BCUT2D eigenvalue weighted by Crippen LogP contribution is -2.15. The molecule has 0 bridgehead atoms. The van der Waals surface area contributed by atoms with Gasteiger partial charge in [-0.15, -0.1) is 0 Å². The molecule has 0 aliphatic rings. The maximum atomic E-state index is 12.4. The predicted octanol–water partition coefficient (Wildman–Crippen LogP) is 5.22. The van der Waals surface area contributed by atoms with Gasteiger partial charge in [-0.05, 0) is 50.6 Å². The molecule has 2 aromatic carbocycles. The first-order chi connectivity index (χ1) is 13.4. The molecular formula is C21H21ClN4O2. The third kappa shape index (κ3) is 4.78. The van der Waals surface area contributed by atoms with Gasteiger partial charge in [0, 0.05) is 10.7 Å². The van der Waals surface area contributed by atoms with E-state index in [2.05, 4.69) is 20.6 Å². The van der Waals surface area contributed by atoms with Gasteiger partial charge in [0.2, 0.25) is 0 Å². The Labute approximate surface area is 168 Å². The summed E-state index contributed by atoms with van der Waals surface area (Å²) in [5.74, 6) is 0.876. The van der Waals surface area contributed by atoms with Crippen LogP contribution in [-0.4, -0.2) is 22.0 Å². The van der Waals surface area contributed by atoms with E-state index in [0.29, 0.717) is 16.5 Å². The number of halogens is 1. The van der Waals surface area contributed by atoms with Gasteiger partial charge in [-0.2, -0.15) is 0 Å². The Bertz CT molecular complexity index is 974. The molecule has 144 valence electrons. The number of anilines is 3. The number of rotatable bonds is 6. The van der Waals surface area contributed by atoms with Crippen molar-refractivity contribution in [3.63, 3.8) is 0 Å². The molecule has 28 heavy (non-hydrogen) atoms. The largest absolute Gasteiger partial charge is 0.489 e. The number of carbonyl (C=O) groups is 1. The monoisotopic (exact) mass is 396 g/mol. The SMILES string of the molecule is Cc1c(Cl)cccc1NC(=O)c1cnc(Nc2ccccc2OC(C)C)cn1. The molecule has 0 unspecified atom stereocenters. The number of nitrogens with zero attached hydrogens (tertiary/aromatic N) is 2. The van der Waals surface area contributed by atoms with Gasteiger partial charge < -0.3 is 15.4 Å². The Balaban J connectivity index is 1.72. The highest BCUT2D eigenvalue weighted by Crippen LogP contribution is 2.27. The van der Waals surface area contributed by atoms with Crippen LogP contribution in [0, 0.1) is 6.92 Å². The van der Waals surface area contributed by atoms with Gasteiger partial charge in [0.1, 0.15) is 17.3 Å². The second kappa shape index (κ2) is 8.71. The van der Waals surface area contributed by atoms with Crippen molar-refractivity contribution >= 4 is 34.7 Å². The average molecular weight is 397 g/mol. The highest BCUT2D eigenvalue weighted by molar-refractivity contribution is 6.31. The molecule has 2 N–H and O–H groups in total. The first-order valence-corrected chi connectivity index (χ1v) is 9.23. The van der Waals surface area contributed by atoms with E-state index in [1.54, 1.807) is 18.2 Å². The van der Waals surface area contributed by atoms with E-state index in [4.69, 9.17) is 16.3 Å². The maximum absolute atomic E-state index is 12.4. The summed E-state index contributed by atoms with van der Waals surface area (Å²) in [4.78, 5) is 20.9. The first-order valence-electron chi connectivity index (χ1n) is 8.85. The zero-order chi connectivity index (χ0) is 20.1. The summed E-state index contributed by atoms with van der Waals surface area (Å²) in [5.41, 5.74) is 2.42. The Morgan fingerprint density at radius 2 is 1.79 bits per heavy atom. The van der Waals surface area contributed by atoms with Gasteiger partial charge in [-0.1, -0.05) is 29.8 Å². The average Bonchev–Trinajstić information content (AvgIpc) is 2.67. The van der Waals surface area contributed by atoms with Crippen LogP contribution in [0.4, 0.5) is 17.2 Å². The molecule has 0 aliphatic carbocycles. The molecule has 0 fully saturated rings. The topological polar surface area (TPSA) is 76.1 Å². The third-order valence-electron chi connectivity index (χ3n) is 3.91. The van der Waals surface area contributed by atoms with Crippen LogP contribution < -0.4 is 15.4 Å². The summed E-state index contributed by atoms with van der Waals surface area (Å²) < 4.78 is 5.78. The Hall–Kier alpha value is -3.12. The summed E-state index contributed by atoms with van der Waals surface area (Å²) in [6.07, 6.45) is 2.98. The van der Waals surface area contributed by atoms with Gasteiger partial charge in [0.15, 0.2) is 0 Å². The number of hydrogen-bond acceptors (Lipinski definition) is 5. The van der Waals surface area contributed by atoms with Crippen LogP contribution in [0.1, 0.15) is 29.9 Å². The molecule has 3 aromatic rings. The van der Waals surface area contributed by atoms with E-state index >= 15 is 0 Å². The molecule has 0 radical (unpaired) electrons. The molecule has 6 nitrogen and oxygen atoms in total. The summed E-state index contributed by atoms with van der Waals surface area (Å²) in [5, 5.41) is 6.55. The minimum atomic E-state index is -0.354. The van der Waals surface area contributed by atoms with E-state index in [1.807, 2.05) is 45.0 Å². The zero-order valence-electron chi connectivity index (χ0n) is 15.9. The van der Waals surface area contributed by atoms with E-state index in [0.717, 1.165) is 17.0 Å². The number of ether oxygens (including phenoxy) is 1. The third-order valence-corrected chi connectivity index (χ3v) is 4.32. The molecule has 0 spiro atoms. The lowest BCUT2D eigenvalue weighted by atomic mass is 10.2. The molecule has 7 heteroatoms. The molecule has 1 heterocycles. The lowest BCUT2D eigenvalue weighted by Gasteiger charge is -2.15. The Morgan fingerprint density at radius 1 is 1.04 bits per heavy atom. The van der Waals surface area contributed by atoms with Crippen molar-refractivity contribution in [1.29, 1.82) is 0 Å². The van der Waals surface area contributed by atoms with Crippen LogP contribution in [-0.2, 0) is 0 Å². The van der Waals surface area contributed by atoms with Crippen molar-refractivity contribution in [3.05, 3.63) is 71.1 Å². The fourth-order valence-electron chi connectivity index (χ4n) is 2.50. The number of para-hydroxylation sites is 2. The molecule has 1 amide bonds. The van der Waals surface area contributed by atoms with Crippen LogP contribution >= 0.6 is 11.6 Å². The van der Waals surface area contributed by atoms with Crippen LogP contribution in [0.5, 0.6) is 5.75 Å². The second-order valence-electron chi connectivity index (χ2n) is 6.44. The van der Waals surface area contributed by atoms with E-state index in [9.17, 15) is 4.79 Å². The number of nitrogens with one attached hydrogen (secondary N) is 2. The summed E-state index contributed by atoms with van der Waals surface area (Å²) in [6.45, 7) is 5.77. The molecule has 0 atom stereocenters. The van der Waals surface area contributed by atoms with Crippen molar-refractivity contribution in [2.45, 2.75) is 26.9 Å². The van der Waals surface area contributed by atoms with Crippen molar-refractivity contribution in [1.82, 2.24) is 9.97 Å². The predicted molar refractivity (Wildman–Crippen MR) is 112 cm³/mol. The van der Waals surface area contributed by atoms with Crippen LogP contribution in [0.25, 0.3) is 0 Å². The number of hydrogen-bond donors (Lipinski definition) is 2. The van der Waals surface area contributed by atoms with E-state index < -0.39 is 0 Å². The van der Waals surface area contributed by atoms with Crippen molar-refractivity contribution in [3.8, 4) is 5.75 Å². The van der Waals surface area contributed by atoms with Crippen LogP contribution in [0.15, 0.2) is 54.9 Å².